The Balaban J connectivity index is 2.14. The van der Waals surface area contributed by atoms with E-state index in [9.17, 15) is 21.6 Å². The fourth-order valence-corrected chi connectivity index (χ4v) is 8.57. The summed E-state index contributed by atoms with van der Waals surface area (Å²) < 4.78 is 56.5. The zero-order valence-electron chi connectivity index (χ0n) is 19.9. The number of hydrogen-bond acceptors (Lipinski definition) is 5. The molecule has 0 spiro atoms. The highest BCUT2D eigenvalue weighted by Crippen LogP contribution is 2.29. The van der Waals surface area contributed by atoms with Gasteiger partial charge >= 0.3 is 5.69 Å². The predicted molar refractivity (Wildman–Crippen MR) is 133 cm³/mol. The van der Waals surface area contributed by atoms with Gasteiger partial charge < -0.3 is 0 Å². The van der Waals surface area contributed by atoms with E-state index in [-0.39, 0.29) is 20.8 Å². The van der Waals surface area contributed by atoms with Crippen LogP contribution in [0.3, 0.4) is 0 Å². The van der Waals surface area contributed by atoms with Crippen LogP contribution in [0.25, 0.3) is 11.0 Å². The first-order chi connectivity index (χ1) is 15.8. The quantitative estimate of drug-likeness (QED) is 0.422. The molecule has 0 aliphatic rings. The van der Waals surface area contributed by atoms with Gasteiger partial charge in [0.05, 0.1) is 20.8 Å². The summed E-state index contributed by atoms with van der Waals surface area (Å²) in [6.07, 6.45) is 0. The Labute approximate surface area is 199 Å². The Bertz CT molecular complexity index is 1590. The second-order valence-corrected chi connectivity index (χ2v) is 12.2. The Morgan fingerprint density at radius 1 is 0.559 bits per heavy atom. The summed E-state index contributed by atoms with van der Waals surface area (Å²) in [4.78, 5) is 13.7. The maximum Gasteiger partial charge on any atom is 0.357 e. The number of para-hydroxylation sites is 2. The second kappa shape index (κ2) is 7.95. The molecule has 4 aromatic rings. The van der Waals surface area contributed by atoms with E-state index in [1.807, 2.05) is 13.8 Å². The smallest absolute Gasteiger partial charge is 0.245 e. The van der Waals surface area contributed by atoms with Crippen molar-refractivity contribution in [1.29, 1.82) is 0 Å². The summed E-state index contributed by atoms with van der Waals surface area (Å²) in [7, 11) is -8.81. The van der Waals surface area contributed by atoms with E-state index in [2.05, 4.69) is 0 Å². The molecular weight excluding hydrogens is 472 g/mol. The van der Waals surface area contributed by atoms with Crippen LogP contribution >= 0.6 is 0 Å². The normalized spacial score (nSPS) is 12.4. The van der Waals surface area contributed by atoms with Crippen LogP contribution in [0.5, 0.6) is 0 Å². The van der Waals surface area contributed by atoms with E-state index in [0.717, 1.165) is 11.1 Å². The van der Waals surface area contributed by atoms with Crippen molar-refractivity contribution in [2.75, 3.05) is 0 Å². The third kappa shape index (κ3) is 3.50. The zero-order chi connectivity index (χ0) is 25.2. The van der Waals surface area contributed by atoms with Gasteiger partial charge in [-0.2, -0.15) is 7.94 Å². The van der Waals surface area contributed by atoms with Crippen LogP contribution in [-0.4, -0.2) is 24.8 Å². The molecule has 9 heteroatoms. The summed E-state index contributed by atoms with van der Waals surface area (Å²) in [5, 5.41) is 0. The lowest BCUT2D eigenvalue weighted by Gasteiger charge is -2.13. The van der Waals surface area contributed by atoms with Gasteiger partial charge in [-0.05, 0) is 75.9 Å². The molecule has 0 atom stereocenters. The fourth-order valence-electron chi connectivity index (χ4n) is 4.89. The number of imidazole rings is 1. The minimum Gasteiger partial charge on any atom is -0.245 e. The SMILES string of the molecule is Cc1cc(C)c(S(=O)(=O)n2c(=O)n(S(=O)(=O)c3c(C)cc(C)cc3C)c3ccccc32)c(C)c1. The minimum absolute atomic E-state index is 0.00197. The zero-order valence-corrected chi connectivity index (χ0v) is 21.5. The van der Waals surface area contributed by atoms with Crippen LogP contribution in [-0.2, 0) is 20.0 Å². The maximum atomic E-state index is 13.8. The molecule has 0 N–H and O–H groups in total. The highest BCUT2D eigenvalue weighted by Gasteiger charge is 2.33. The van der Waals surface area contributed by atoms with Gasteiger partial charge in [0.1, 0.15) is 0 Å². The molecule has 7 nitrogen and oxygen atoms in total. The molecule has 0 bridgehead atoms. The molecule has 1 heterocycles. The predicted octanol–water partition coefficient (Wildman–Crippen LogP) is 4.13. The first kappa shape index (κ1) is 24.0. The molecule has 0 saturated carbocycles. The number of hydrogen-bond donors (Lipinski definition) is 0. The van der Waals surface area contributed by atoms with Crippen molar-refractivity contribution in [2.45, 2.75) is 51.3 Å². The number of rotatable bonds is 4. The van der Waals surface area contributed by atoms with Gasteiger partial charge in [0.2, 0.25) is 0 Å². The third-order valence-corrected chi connectivity index (χ3v) is 9.86. The topological polar surface area (TPSA) is 95.2 Å². The first-order valence-corrected chi connectivity index (χ1v) is 13.6. The molecule has 4 rings (SSSR count). The first-order valence-electron chi connectivity index (χ1n) is 10.7. The van der Waals surface area contributed by atoms with Crippen molar-refractivity contribution in [3.8, 4) is 0 Å². The van der Waals surface area contributed by atoms with Gasteiger partial charge in [0.25, 0.3) is 20.0 Å². The molecule has 0 aliphatic carbocycles. The fraction of sp³-hybridized carbons (Fsp3) is 0.240. The highest BCUT2D eigenvalue weighted by atomic mass is 32.2. The number of nitrogens with zero attached hydrogens (tertiary/aromatic N) is 2. The molecule has 1 aromatic heterocycles. The maximum absolute atomic E-state index is 13.8. The lowest BCUT2D eigenvalue weighted by Crippen LogP contribution is -2.34. The van der Waals surface area contributed by atoms with E-state index >= 15 is 0 Å². The minimum atomic E-state index is -4.40. The Morgan fingerprint density at radius 2 is 0.853 bits per heavy atom. The van der Waals surface area contributed by atoms with Crippen LogP contribution in [0, 0.1) is 41.5 Å². The molecule has 0 saturated heterocycles. The van der Waals surface area contributed by atoms with Crippen molar-refractivity contribution >= 4 is 31.1 Å². The number of fused-ring (bicyclic) bond motifs is 1. The van der Waals surface area contributed by atoms with E-state index in [1.165, 1.54) is 12.1 Å². The number of aromatic nitrogens is 2. The Morgan fingerprint density at radius 3 is 1.15 bits per heavy atom. The monoisotopic (exact) mass is 498 g/mol. The van der Waals surface area contributed by atoms with Gasteiger partial charge in [-0.1, -0.05) is 47.5 Å². The van der Waals surface area contributed by atoms with Crippen molar-refractivity contribution in [3.05, 3.63) is 92.4 Å². The lowest BCUT2D eigenvalue weighted by atomic mass is 10.1. The Kier molecular flexibility index (Phi) is 5.61. The molecule has 0 unspecified atom stereocenters. The van der Waals surface area contributed by atoms with Crippen molar-refractivity contribution in [3.63, 3.8) is 0 Å². The molecular formula is C25H26N2O5S2. The largest absolute Gasteiger partial charge is 0.357 e. The molecule has 0 fully saturated rings. The van der Waals surface area contributed by atoms with Crippen molar-refractivity contribution < 1.29 is 16.8 Å². The van der Waals surface area contributed by atoms with Gasteiger partial charge in [0.15, 0.2) is 0 Å². The summed E-state index contributed by atoms with van der Waals surface area (Å²) >= 11 is 0. The summed E-state index contributed by atoms with van der Waals surface area (Å²) in [5.74, 6) is 0. The van der Waals surface area contributed by atoms with Crippen LogP contribution in [0.15, 0.2) is 63.1 Å². The number of aryl methyl sites for hydroxylation is 6. The molecule has 34 heavy (non-hydrogen) atoms. The second-order valence-electron chi connectivity index (χ2n) is 8.77. The van der Waals surface area contributed by atoms with E-state index in [4.69, 9.17) is 0 Å². The van der Waals surface area contributed by atoms with Crippen LogP contribution < -0.4 is 5.69 Å². The van der Waals surface area contributed by atoms with E-state index in [0.29, 0.717) is 30.2 Å². The van der Waals surface area contributed by atoms with Crippen molar-refractivity contribution in [1.82, 2.24) is 7.94 Å². The summed E-state index contributed by atoms with van der Waals surface area (Å²) in [5.41, 5.74) is 2.54. The average molecular weight is 499 g/mol. The number of benzene rings is 3. The molecule has 0 amide bonds. The van der Waals surface area contributed by atoms with Gasteiger partial charge in [-0.3, -0.25) is 0 Å². The summed E-state index contributed by atoms with van der Waals surface area (Å²) in [6, 6.07) is 12.9. The van der Waals surface area contributed by atoms with Gasteiger partial charge in [-0.15, -0.1) is 0 Å². The van der Waals surface area contributed by atoms with E-state index < -0.39 is 25.7 Å². The molecule has 0 radical (unpaired) electrons. The summed E-state index contributed by atoms with van der Waals surface area (Å²) in [6.45, 7) is 10.3. The highest BCUT2D eigenvalue weighted by molar-refractivity contribution is 7.91. The van der Waals surface area contributed by atoms with E-state index in [1.54, 1.807) is 64.1 Å². The average Bonchev–Trinajstić information content (AvgIpc) is 2.98. The van der Waals surface area contributed by atoms with Gasteiger partial charge in [0, 0.05) is 0 Å². The van der Waals surface area contributed by atoms with Crippen LogP contribution in [0.2, 0.25) is 0 Å². The van der Waals surface area contributed by atoms with Crippen LogP contribution in [0.4, 0.5) is 0 Å². The third-order valence-electron chi connectivity index (χ3n) is 5.87. The van der Waals surface area contributed by atoms with Crippen LogP contribution in [0.1, 0.15) is 33.4 Å². The molecule has 3 aromatic carbocycles. The molecule has 178 valence electrons. The Hall–Kier alpha value is -3.17. The van der Waals surface area contributed by atoms with Crippen molar-refractivity contribution in [2.24, 2.45) is 0 Å². The van der Waals surface area contributed by atoms with Gasteiger partial charge in [-0.25, -0.2) is 21.6 Å². The molecule has 0 aliphatic heterocycles. The standard InChI is InChI=1S/C25H26N2O5S2/c1-15-11-17(3)23(18(4)12-15)33(29,30)26-21-9-7-8-10-22(21)27(25(26)28)34(31,32)24-19(5)13-16(2)14-20(24)6/h7-14H,1-6H3. The lowest BCUT2D eigenvalue weighted by molar-refractivity contribution is 0.581.